The van der Waals surface area contributed by atoms with Gasteiger partial charge < -0.3 is 9.84 Å². The molecule has 1 aromatic rings. The maximum absolute atomic E-state index is 10.4. The lowest BCUT2D eigenvalue weighted by atomic mass is 10.3. The van der Waals surface area contributed by atoms with Crippen molar-refractivity contribution in [3.05, 3.63) is 29.2 Å². The number of aliphatic hydroxyl groups is 1. The molecule has 0 radical (unpaired) electrons. The lowest BCUT2D eigenvalue weighted by molar-refractivity contribution is -0.380. The molecule has 0 spiro atoms. The first-order chi connectivity index (χ1) is 6.88. The number of aliphatic hydroxyl groups excluding tert-OH is 1. The summed E-state index contributed by atoms with van der Waals surface area (Å²) in [4.78, 5) is 10.4. The highest BCUT2D eigenvalue weighted by Crippen LogP contribution is 2.17. The van der Waals surface area contributed by atoms with E-state index in [9.17, 15) is 4.91 Å². The molecule has 0 aliphatic rings. The number of rotatable bonds is 3. The quantitative estimate of drug-likeness (QED) is 0.637. The highest BCUT2D eigenvalue weighted by atomic mass is 16.5. The average molecular weight is 192 g/mol. The van der Waals surface area contributed by atoms with Crippen LogP contribution in [0, 0.1) is 16.7 Å². The van der Waals surface area contributed by atoms with Gasteiger partial charge in [0.2, 0.25) is 0 Å². The molecule has 2 N–H and O–H groups in total. The molecule has 0 aromatic heterocycles. The van der Waals surface area contributed by atoms with Crippen molar-refractivity contribution in [1.29, 1.82) is 0 Å². The maximum atomic E-state index is 10.4. The highest BCUT2D eigenvalue weighted by molar-refractivity contribution is 5.44. The van der Waals surface area contributed by atoms with Crippen molar-refractivity contribution in [3.8, 4) is 17.6 Å². The summed E-state index contributed by atoms with van der Waals surface area (Å²) in [6, 6.07) is 6.77. The molecule has 4 nitrogen and oxygen atoms in total. The Bertz CT molecular complexity index is 365. The van der Waals surface area contributed by atoms with Crippen molar-refractivity contribution in [1.82, 2.24) is 0 Å². The van der Waals surface area contributed by atoms with Crippen LogP contribution in [-0.4, -0.2) is 18.3 Å². The molecule has 0 saturated carbocycles. The average Bonchev–Trinajstić information content (AvgIpc) is 2.25. The zero-order valence-electron chi connectivity index (χ0n) is 7.49. The second-order valence-corrected chi connectivity index (χ2v) is 2.40. The summed E-state index contributed by atoms with van der Waals surface area (Å²) >= 11 is 0. The number of hydrogen-bond acceptors (Lipinski definition) is 3. The van der Waals surface area contributed by atoms with Crippen LogP contribution in [0.5, 0.6) is 5.75 Å². The lowest BCUT2D eigenvalue weighted by Crippen LogP contribution is -2.55. The Kier molecular flexibility index (Phi) is 4.18. The fourth-order valence-electron chi connectivity index (χ4n) is 0.898. The van der Waals surface area contributed by atoms with Crippen molar-refractivity contribution in [2.75, 3.05) is 13.2 Å². The summed E-state index contributed by atoms with van der Waals surface area (Å²) in [5.41, 5.74) is 0.373. The number of nitrogens with one attached hydrogen (secondary N) is 1. The van der Waals surface area contributed by atoms with E-state index in [4.69, 9.17) is 9.84 Å². The van der Waals surface area contributed by atoms with Gasteiger partial charge in [-0.1, -0.05) is 24.0 Å². The third-order valence-electron chi connectivity index (χ3n) is 1.50. The van der Waals surface area contributed by atoms with Gasteiger partial charge in [0.05, 0.1) is 0 Å². The fourth-order valence-corrected chi connectivity index (χ4v) is 0.898. The Morgan fingerprint density at radius 2 is 2.14 bits per heavy atom. The van der Waals surface area contributed by atoms with Crippen LogP contribution < -0.4 is 9.91 Å². The smallest absolute Gasteiger partial charge is 0.294 e. The van der Waals surface area contributed by atoms with Crippen LogP contribution in [0.25, 0.3) is 0 Å². The highest BCUT2D eigenvalue weighted by Gasteiger charge is 2.06. The summed E-state index contributed by atoms with van der Waals surface area (Å²) in [7, 11) is 0. The zero-order valence-corrected chi connectivity index (χ0v) is 7.49. The molecule has 0 saturated heterocycles. The number of benzene rings is 1. The van der Waals surface area contributed by atoms with Crippen molar-refractivity contribution in [2.24, 2.45) is 0 Å². The zero-order chi connectivity index (χ0) is 10.2. The maximum Gasteiger partial charge on any atom is 0.294 e. The lowest BCUT2D eigenvalue weighted by Gasteiger charge is -1.98. The SMILES string of the molecule is O=[NH+]c1ccccc1OCC#CCO. The summed E-state index contributed by atoms with van der Waals surface area (Å²) in [6.07, 6.45) is 0. The van der Waals surface area contributed by atoms with Gasteiger partial charge in [-0.2, -0.15) is 0 Å². The summed E-state index contributed by atoms with van der Waals surface area (Å²) in [5, 5.41) is 10.1. The minimum atomic E-state index is -0.190. The van der Waals surface area contributed by atoms with Gasteiger partial charge in [-0.05, 0) is 6.07 Å². The first-order valence-corrected chi connectivity index (χ1v) is 4.05. The molecular formula is C10H10NO3+. The number of hydrogen-bond donors (Lipinski definition) is 2. The predicted octanol–water partition coefficient (Wildman–Crippen LogP) is -0.460. The minimum absolute atomic E-state index is 0.152. The van der Waals surface area contributed by atoms with Gasteiger partial charge in [-0.25, -0.2) is 0 Å². The standard InChI is InChI=1S/C10H9NO3/c12-7-3-4-8-14-10-6-2-1-5-9(10)11-13/h1-2,5-6,12H,7-8H2/p+1. The predicted molar refractivity (Wildman–Crippen MR) is 50.8 cm³/mol. The van der Waals surface area contributed by atoms with E-state index < -0.39 is 0 Å². The van der Waals surface area contributed by atoms with Gasteiger partial charge in [0.25, 0.3) is 5.69 Å². The Morgan fingerprint density at radius 1 is 1.36 bits per heavy atom. The van der Waals surface area contributed by atoms with Gasteiger partial charge in [0.1, 0.15) is 13.2 Å². The fraction of sp³-hybridized carbons (Fsp3) is 0.200. The second-order valence-electron chi connectivity index (χ2n) is 2.40. The van der Waals surface area contributed by atoms with Gasteiger partial charge >= 0.3 is 0 Å². The Hall–Kier alpha value is -1.86. The molecule has 0 heterocycles. The number of nitroso groups, excluding NO2 is 1. The minimum Gasteiger partial charge on any atom is -0.474 e. The molecule has 72 valence electrons. The second kappa shape index (κ2) is 5.73. The number of ether oxygens (including phenoxy) is 1. The molecule has 14 heavy (non-hydrogen) atoms. The molecule has 1 rings (SSSR count). The molecule has 0 atom stereocenters. The van der Waals surface area contributed by atoms with E-state index in [2.05, 4.69) is 11.8 Å². The van der Waals surface area contributed by atoms with Gasteiger partial charge in [-0.15, -0.1) is 0 Å². The van der Waals surface area contributed by atoms with E-state index in [1.165, 1.54) is 0 Å². The van der Waals surface area contributed by atoms with Crippen LogP contribution in [0.4, 0.5) is 5.69 Å². The molecule has 0 unspecified atom stereocenters. The largest absolute Gasteiger partial charge is 0.474 e. The molecule has 0 aliphatic carbocycles. The summed E-state index contributed by atoms with van der Waals surface area (Å²) in [6.45, 7) is -0.0376. The van der Waals surface area contributed by atoms with E-state index >= 15 is 0 Å². The van der Waals surface area contributed by atoms with Crippen LogP contribution in [0.2, 0.25) is 0 Å². The van der Waals surface area contributed by atoms with Crippen LogP contribution >= 0.6 is 0 Å². The number of para-hydroxylation sites is 2. The van der Waals surface area contributed by atoms with Crippen LogP contribution in [-0.2, 0) is 0 Å². The van der Waals surface area contributed by atoms with E-state index in [0.717, 1.165) is 0 Å². The molecule has 0 fully saturated rings. The Labute approximate surface area is 81.5 Å². The van der Waals surface area contributed by atoms with E-state index in [1.807, 2.05) is 0 Å². The molecule has 0 aliphatic heterocycles. The molecule has 4 heteroatoms. The van der Waals surface area contributed by atoms with Crippen LogP contribution in [0.15, 0.2) is 24.3 Å². The molecular weight excluding hydrogens is 182 g/mol. The van der Waals surface area contributed by atoms with E-state index in [0.29, 0.717) is 11.4 Å². The molecule has 1 aromatic carbocycles. The van der Waals surface area contributed by atoms with Gasteiger partial charge in [0.15, 0.2) is 5.75 Å². The van der Waals surface area contributed by atoms with Gasteiger partial charge in [0, 0.05) is 16.2 Å². The first-order valence-electron chi connectivity index (χ1n) is 4.05. The summed E-state index contributed by atoms with van der Waals surface area (Å²) < 4.78 is 5.18. The van der Waals surface area contributed by atoms with E-state index in [1.54, 1.807) is 29.4 Å². The summed E-state index contributed by atoms with van der Waals surface area (Å²) in [5.74, 6) is 5.47. The molecule has 0 amide bonds. The third kappa shape index (κ3) is 2.88. The van der Waals surface area contributed by atoms with Crippen LogP contribution in [0.1, 0.15) is 0 Å². The van der Waals surface area contributed by atoms with Crippen molar-refractivity contribution >= 4 is 5.69 Å². The molecule has 0 bridgehead atoms. The normalized spacial score (nSPS) is 8.64. The Morgan fingerprint density at radius 3 is 2.86 bits per heavy atom. The van der Waals surface area contributed by atoms with Gasteiger partial charge in [-0.3, -0.25) is 0 Å². The topological polar surface area (TPSA) is 60.5 Å². The van der Waals surface area contributed by atoms with Crippen molar-refractivity contribution in [2.45, 2.75) is 0 Å². The third-order valence-corrected chi connectivity index (χ3v) is 1.50. The van der Waals surface area contributed by atoms with Crippen molar-refractivity contribution < 1.29 is 15.0 Å². The van der Waals surface area contributed by atoms with E-state index in [-0.39, 0.29) is 13.2 Å². The first kappa shape index (κ1) is 10.2. The monoisotopic (exact) mass is 192 g/mol. The van der Waals surface area contributed by atoms with Crippen molar-refractivity contribution in [3.63, 3.8) is 0 Å². The Balaban J connectivity index is 2.62. The van der Waals surface area contributed by atoms with Crippen LogP contribution in [0.3, 0.4) is 0 Å².